The smallest absolute Gasteiger partial charge is 0.408 e. The van der Waals surface area contributed by atoms with Crippen LogP contribution in [-0.4, -0.2) is 52.1 Å². The van der Waals surface area contributed by atoms with E-state index in [1.807, 2.05) is 33.8 Å². The van der Waals surface area contributed by atoms with E-state index in [0.29, 0.717) is 18.8 Å². The first-order valence-electron chi connectivity index (χ1n) is 11.3. The maximum absolute atomic E-state index is 11.8. The van der Waals surface area contributed by atoms with Crippen molar-refractivity contribution >= 4 is 18.2 Å². The van der Waals surface area contributed by atoms with Gasteiger partial charge in [0.15, 0.2) is 0 Å². The molecule has 2 fully saturated rings. The van der Waals surface area contributed by atoms with Crippen molar-refractivity contribution in [3.05, 3.63) is 37.6 Å². The van der Waals surface area contributed by atoms with E-state index in [0.717, 1.165) is 6.42 Å². The fourth-order valence-electron chi connectivity index (χ4n) is 3.40. The zero-order chi connectivity index (χ0) is 26.5. The third-order valence-electron chi connectivity index (χ3n) is 5.24. The molecule has 2 aliphatic rings. The molecule has 0 aromatic heterocycles. The molecule has 2 saturated carbocycles. The second-order valence-corrected chi connectivity index (χ2v) is 10.5. The molecule has 0 aromatic carbocycles. The number of carboxylic acids is 1. The summed E-state index contributed by atoms with van der Waals surface area (Å²) in [4.78, 5) is 34.3. The van der Waals surface area contributed by atoms with E-state index in [1.54, 1.807) is 20.8 Å². The van der Waals surface area contributed by atoms with Gasteiger partial charge in [-0.15, -0.1) is 13.2 Å². The Morgan fingerprint density at radius 3 is 1.59 bits per heavy atom. The van der Waals surface area contributed by atoms with Gasteiger partial charge < -0.3 is 30.0 Å². The van der Waals surface area contributed by atoms with Crippen molar-refractivity contribution < 1.29 is 33.7 Å². The summed E-state index contributed by atoms with van der Waals surface area (Å²) in [6.07, 6.45) is 3.30. The maximum atomic E-state index is 11.8. The van der Waals surface area contributed by atoms with Crippen LogP contribution in [0, 0.1) is 11.8 Å². The summed E-state index contributed by atoms with van der Waals surface area (Å²) in [5, 5.41) is 14.3. The molecule has 0 bridgehead atoms. The molecule has 2 aliphatic carbocycles. The Morgan fingerprint density at radius 2 is 1.29 bits per heavy atom. The summed E-state index contributed by atoms with van der Waals surface area (Å²) in [5.74, 6) is -0.550. The van der Waals surface area contributed by atoms with Crippen LogP contribution < -0.4 is 10.6 Å². The van der Waals surface area contributed by atoms with Crippen LogP contribution in [0.5, 0.6) is 0 Å². The first-order chi connectivity index (χ1) is 15.5. The van der Waals surface area contributed by atoms with Crippen molar-refractivity contribution in [1.82, 2.24) is 10.6 Å². The Morgan fingerprint density at radius 1 is 0.912 bits per heavy atom. The summed E-state index contributed by atoms with van der Waals surface area (Å²) in [7, 11) is 0. The molecule has 2 amide bonds. The van der Waals surface area contributed by atoms with E-state index in [4.69, 9.17) is 19.3 Å². The van der Waals surface area contributed by atoms with E-state index in [2.05, 4.69) is 30.4 Å². The van der Waals surface area contributed by atoms with E-state index >= 15 is 0 Å². The van der Waals surface area contributed by atoms with Crippen LogP contribution >= 0.6 is 0 Å². The number of rotatable bonds is 8. The summed E-state index contributed by atoms with van der Waals surface area (Å²) in [6.45, 7) is 24.2. The number of amides is 2. The van der Waals surface area contributed by atoms with Crippen LogP contribution in [0.2, 0.25) is 0 Å². The summed E-state index contributed by atoms with van der Waals surface area (Å²) >= 11 is 0. The van der Waals surface area contributed by atoms with Crippen LogP contribution in [-0.2, 0) is 19.0 Å². The lowest BCUT2D eigenvalue weighted by Gasteiger charge is -2.25. The standard InChI is InChI=1S/C14H23NO3.C11H17NO4/c1-7-11-9-14(11,10(3)17-8-2)15-12(16)18-13(4,5)6;1-5-7-6-11(7,8(13)14)12-9(15)16-10(2,3)4/h7,11H,1,3,8-9H2,2,4-6H3,(H,15,16);5,7H,1,6H2,2-4H3,(H,12,15)(H,13,14)/t11-,14+;7-,11-/m00/s1. The van der Waals surface area contributed by atoms with Gasteiger partial charge in [0.1, 0.15) is 28.0 Å². The molecular formula is C25H40N2O7. The number of alkyl carbamates (subject to hydrolysis) is 2. The van der Waals surface area contributed by atoms with Gasteiger partial charge >= 0.3 is 18.2 Å². The Kier molecular flexibility index (Phi) is 9.00. The maximum Gasteiger partial charge on any atom is 0.408 e. The molecule has 2 rings (SSSR count). The minimum Gasteiger partial charge on any atom is -0.496 e. The van der Waals surface area contributed by atoms with E-state index in [-0.39, 0.29) is 11.8 Å². The number of aliphatic carboxylic acids is 1. The fraction of sp³-hybridized carbons (Fsp3) is 0.640. The Balaban J connectivity index is 0.000000342. The van der Waals surface area contributed by atoms with Crippen LogP contribution in [0.25, 0.3) is 0 Å². The van der Waals surface area contributed by atoms with Crippen LogP contribution in [0.3, 0.4) is 0 Å². The highest BCUT2D eigenvalue weighted by Crippen LogP contribution is 2.49. The highest BCUT2D eigenvalue weighted by molar-refractivity contribution is 5.88. The van der Waals surface area contributed by atoms with Crippen molar-refractivity contribution in [3.63, 3.8) is 0 Å². The van der Waals surface area contributed by atoms with E-state index in [1.165, 1.54) is 6.08 Å². The quantitative estimate of drug-likeness (QED) is 0.344. The Labute approximate surface area is 202 Å². The number of ether oxygens (including phenoxy) is 3. The monoisotopic (exact) mass is 480 g/mol. The molecule has 0 radical (unpaired) electrons. The number of hydrogen-bond acceptors (Lipinski definition) is 6. The molecule has 3 N–H and O–H groups in total. The van der Waals surface area contributed by atoms with Gasteiger partial charge in [-0.25, -0.2) is 14.4 Å². The van der Waals surface area contributed by atoms with Gasteiger partial charge in [-0.3, -0.25) is 0 Å². The zero-order valence-electron chi connectivity index (χ0n) is 21.4. The van der Waals surface area contributed by atoms with Crippen LogP contribution in [0.15, 0.2) is 37.6 Å². The molecule has 9 nitrogen and oxygen atoms in total. The third-order valence-corrected chi connectivity index (χ3v) is 5.24. The van der Waals surface area contributed by atoms with Gasteiger partial charge in [-0.05, 0) is 61.3 Å². The highest BCUT2D eigenvalue weighted by Gasteiger charge is 2.61. The lowest BCUT2D eigenvalue weighted by molar-refractivity contribution is -0.141. The van der Waals surface area contributed by atoms with E-state index in [9.17, 15) is 14.4 Å². The number of carbonyl (C=O) groups excluding carboxylic acids is 2. The second kappa shape index (κ2) is 10.5. The molecular weight excluding hydrogens is 440 g/mol. The van der Waals surface area contributed by atoms with Gasteiger partial charge in [-0.1, -0.05) is 18.7 Å². The average molecular weight is 481 g/mol. The van der Waals surface area contributed by atoms with Crippen molar-refractivity contribution in [2.45, 2.75) is 83.6 Å². The summed E-state index contributed by atoms with van der Waals surface area (Å²) in [5.41, 5.74) is -2.91. The predicted molar refractivity (Wildman–Crippen MR) is 129 cm³/mol. The lowest BCUT2D eigenvalue weighted by Crippen LogP contribution is -2.46. The zero-order valence-corrected chi connectivity index (χ0v) is 21.4. The minimum absolute atomic E-state index is 0.157. The average Bonchev–Trinajstić information content (AvgIpc) is 3.54. The molecule has 9 heteroatoms. The largest absolute Gasteiger partial charge is 0.496 e. The van der Waals surface area contributed by atoms with Gasteiger partial charge in [-0.2, -0.15) is 0 Å². The first kappa shape index (κ1) is 29.1. The van der Waals surface area contributed by atoms with Gasteiger partial charge in [0.05, 0.1) is 6.61 Å². The predicted octanol–water partition coefficient (Wildman–Crippen LogP) is 4.55. The Hall–Kier alpha value is -2.97. The third kappa shape index (κ3) is 7.81. The number of hydrogen-bond donors (Lipinski definition) is 3. The fourth-order valence-corrected chi connectivity index (χ4v) is 3.40. The van der Waals surface area contributed by atoms with Crippen molar-refractivity contribution in [1.29, 1.82) is 0 Å². The number of carboxylic acid groups (broad SMARTS) is 1. The molecule has 0 heterocycles. The number of nitrogens with one attached hydrogen (secondary N) is 2. The summed E-state index contributed by atoms with van der Waals surface area (Å²) < 4.78 is 15.7. The molecule has 4 atom stereocenters. The van der Waals surface area contributed by atoms with Gasteiger partial charge in [0, 0.05) is 11.8 Å². The van der Waals surface area contributed by atoms with Crippen LogP contribution in [0.4, 0.5) is 9.59 Å². The van der Waals surface area contributed by atoms with Crippen molar-refractivity contribution in [2.75, 3.05) is 6.61 Å². The van der Waals surface area contributed by atoms with Gasteiger partial charge in [0.2, 0.25) is 0 Å². The van der Waals surface area contributed by atoms with E-state index < -0.39 is 40.4 Å². The topological polar surface area (TPSA) is 123 Å². The molecule has 0 aliphatic heterocycles. The number of carbonyl (C=O) groups is 3. The van der Waals surface area contributed by atoms with Gasteiger partial charge in [0.25, 0.3) is 0 Å². The van der Waals surface area contributed by atoms with Crippen molar-refractivity contribution in [3.8, 4) is 0 Å². The second-order valence-electron chi connectivity index (χ2n) is 10.5. The van der Waals surface area contributed by atoms with Crippen molar-refractivity contribution in [2.24, 2.45) is 11.8 Å². The summed E-state index contributed by atoms with van der Waals surface area (Å²) in [6, 6.07) is 0. The molecule has 0 saturated heterocycles. The Bertz CT molecular complexity index is 824. The molecule has 34 heavy (non-hydrogen) atoms. The molecule has 0 unspecified atom stereocenters. The molecule has 0 aromatic rings. The lowest BCUT2D eigenvalue weighted by atomic mass is 10.1. The molecule has 192 valence electrons. The minimum atomic E-state index is -1.22. The highest BCUT2D eigenvalue weighted by atomic mass is 16.6. The molecule has 0 spiro atoms. The van der Waals surface area contributed by atoms with Crippen LogP contribution in [0.1, 0.15) is 61.3 Å². The SMILES string of the molecule is C=C[C@H]1C[C@@]1(NC(=O)OC(C)(C)C)C(=C)OCC.C=C[C@H]1C[C@@]1(NC(=O)OC(C)(C)C)C(=O)O. The first-order valence-corrected chi connectivity index (χ1v) is 11.3. The normalized spacial score (nSPS) is 27.0.